The molecule has 1 aliphatic rings. The van der Waals surface area contributed by atoms with Gasteiger partial charge in [0.2, 0.25) is 5.91 Å². The van der Waals surface area contributed by atoms with E-state index in [9.17, 15) is 4.79 Å². The molecule has 1 aliphatic heterocycles. The van der Waals surface area contributed by atoms with Crippen molar-refractivity contribution >= 4 is 5.91 Å². The molecule has 1 amide bonds. The van der Waals surface area contributed by atoms with Gasteiger partial charge >= 0.3 is 0 Å². The molecule has 3 rings (SSSR count). The third-order valence-electron chi connectivity index (χ3n) is 4.67. The third-order valence-corrected chi connectivity index (χ3v) is 4.67. The Labute approximate surface area is 137 Å². The minimum Gasteiger partial charge on any atom is -0.351 e. The SMILES string of the molecule is CCn1nc(C)c(CNC(=O)[C@@H]2Cc3ccccc3CN2)c1C. The van der Waals surface area contributed by atoms with Crippen LogP contribution in [0.25, 0.3) is 0 Å². The molecule has 5 heteroatoms. The Hall–Kier alpha value is -2.14. The summed E-state index contributed by atoms with van der Waals surface area (Å²) in [7, 11) is 0. The summed E-state index contributed by atoms with van der Waals surface area (Å²) >= 11 is 0. The fraction of sp³-hybridized carbons (Fsp3) is 0.444. The lowest BCUT2D eigenvalue weighted by Crippen LogP contribution is -2.47. The Morgan fingerprint density at radius 3 is 2.78 bits per heavy atom. The summed E-state index contributed by atoms with van der Waals surface area (Å²) in [6.07, 6.45) is 0.744. The van der Waals surface area contributed by atoms with Crippen LogP contribution in [0.3, 0.4) is 0 Å². The van der Waals surface area contributed by atoms with E-state index in [4.69, 9.17) is 0 Å². The van der Waals surface area contributed by atoms with Gasteiger partial charge in [-0.05, 0) is 38.3 Å². The first-order valence-electron chi connectivity index (χ1n) is 8.21. The molecular formula is C18H24N4O. The van der Waals surface area contributed by atoms with Gasteiger partial charge in [-0.2, -0.15) is 5.10 Å². The van der Waals surface area contributed by atoms with Gasteiger partial charge in [0.15, 0.2) is 0 Å². The lowest BCUT2D eigenvalue weighted by atomic mass is 9.95. The average Bonchev–Trinajstić information content (AvgIpc) is 2.85. The summed E-state index contributed by atoms with van der Waals surface area (Å²) in [4.78, 5) is 12.5. The van der Waals surface area contributed by atoms with Crippen molar-refractivity contribution in [3.63, 3.8) is 0 Å². The minimum atomic E-state index is -0.160. The number of aromatic nitrogens is 2. The maximum absolute atomic E-state index is 12.5. The van der Waals surface area contributed by atoms with Crippen molar-refractivity contribution in [2.75, 3.05) is 0 Å². The van der Waals surface area contributed by atoms with Crippen LogP contribution in [0.1, 0.15) is 35.0 Å². The highest BCUT2D eigenvalue weighted by molar-refractivity contribution is 5.82. The van der Waals surface area contributed by atoms with Crippen LogP contribution < -0.4 is 10.6 Å². The van der Waals surface area contributed by atoms with Gasteiger partial charge in [-0.1, -0.05) is 24.3 Å². The van der Waals surface area contributed by atoms with Gasteiger partial charge < -0.3 is 10.6 Å². The number of rotatable bonds is 4. The van der Waals surface area contributed by atoms with Gasteiger partial charge in [0.05, 0.1) is 11.7 Å². The molecule has 0 aliphatic carbocycles. The van der Waals surface area contributed by atoms with E-state index in [-0.39, 0.29) is 11.9 Å². The van der Waals surface area contributed by atoms with Crippen molar-refractivity contribution < 1.29 is 4.79 Å². The topological polar surface area (TPSA) is 59.0 Å². The molecule has 0 fully saturated rings. The van der Waals surface area contributed by atoms with Crippen molar-refractivity contribution in [2.24, 2.45) is 0 Å². The highest BCUT2D eigenvalue weighted by Gasteiger charge is 2.24. The van der Waals surface area contributed by atoms with Gasteiger partial charge in [-0.3, -0.25) is 9.48 Å². The fourth-order valence-corrected chi connectivity index (χ4v) is 3.24. The smallest absolute Gasteiger partial charge is 0.237 e. The molecule has 0 spiro atoms. The van der Waals surface area contributed by atoms with E-state index in [0.717, 1.165) is 36.5 Å². The molecule has 0 radical (unpaired) electrons. The van der Waals surface area contributed by atoms with Crippen molar-refractivity contribution in [2.45, 2.75) is 52.9 Å². The van der Waals surface area contributed by atoms with Gasteiger partial charge in [0, 0.05) is 30.9 Å². The second-order valence-electron chi connectivity index (χ2n) is 6.09. The first-order valence-corrected chi connectivity index (χ1v) is 8.21. The van der Waals surface area contributed by atoms with Crippen LogP contribution in [0, 0.1) is 13.8 Å². The summed E-state index contributed by atoms with van der Waals surface area (Å²) < 4.78 is 1.98. The van der Waals surface area contributed by atoms with E-state index < -0.39 is 0 Å². The Bertz CT molecular complexity index is 720. The van der Waals surface area contributed by atoms with E-state index >= 15 is 0 Å². The second kappa shape index (κ2) is 6.54. The number of amides is 1. The van der Waals surface area contributed by atoms with Crippen LogP contribution in [0.5, 0.6) is 0 Å². The van der Waals surface area contributed by atoms with E-state index in [1.54, 1.807) is 0 Å². The Balaban J connectivity index is 1.64. The zero-order chi connectivity index (χ0) is 16.4. The first kappa shape index (κ1) is 15.7. The fourth-order valence-electron chi connectivity index (χ4n) is 3.24. The predicted molar refractivity (Wildman–Crippen MR) is 90.0 cm³/mol. The molecule has 5 nitrogen and oxygen atoms in total. The Morgan fingerprint density at radius 1 is 1.35 bits per heavy atom. The molecule has 0 bridgehead atoms. The van der Waals surface area contributed by atoms with E-state index in [1.165, 1.54) is 11.1 Å². The van der Waals surface area contributed by atoms with E-state index in [0.29, 0.717) is 6.54 Å². The third kappa shape index (κ3) is 3.15. The van der Waals surface area contributed by atoms with Crippen LogP contribution in [-0.4, -0.2) is 21.7 Å². The largest absolute Gasteiger partial charge is 0.351 e. The maximum Gasteiger partial charge on any atom is 0.237 e. The predicted octanol–water partition coefficient (Wildman–Crippen LogP) is 1.85. The molecule has 122 valence electrons. The molecule has 2 aromatic rings. The highest BCUT2D eigenvalue weighted by Crippen LogP contribution is 2.17. The summed E-state index contributed by atoms with van der Waals surface area (Å²) in [5, 5.41) is 10.9. The molecule has 2 heterocycles. The number of nitrogens with one attached hydrogen (secondary N) is 2. The van der Waals surface area contributed by atoms with Crippen LogP contribution in [-0.2, 0) is 30.8 Å². The molecule has 1 atom stereocenters. The van der Waals surface area contributed by atoms with Gasteiger partial charge in [0.1, 0.15) is 0 Å². The zero-order valence-corrected chi connectivity index (χ0v) is 14.0. The van der Waals surface area contributed by atoms with Gasteiger partial charge in [0.25, 0.3) is 0 Å². The molecule has 23 heavy (non-hydrogen) atoms. The minimum absolute atomic E-state index is 0.0579. The quantitative estimate of drug-likeness (QED) is 0.906. The van der Waals surface area contributed by atoms with Crippen molar-refractivity contribution in [1.82, 2.24) is 20.4 Å². The van der Waals surface area contributed by atoms with Crippen LogP contribution in [0.2, 0.25) is 0 Å². The summed E-state index contributed by atoms with van der Waals surface area (Å²) in [5.74, 6) is 0.0579. The monoisotopic (exact) mass is 312 g/mol. The van der Waals surface area contributed by atoms with Crippen LogP contribution in [0.4, 0.5) is 0 Å². The molecular weight excluding hydrogens is 288 g/mol. The number of nitrogens with zero attached hydrogens (tertiary/aromatic N) is 2. The summed E-state index contributed by atoms with van der Waals surface area (Å²) in [6, 6.07) is 8.13. The summed E-state index contributed by atoms with van der Waals surface area (Å²) in [6.45, 7) is 8.26. The van der Waals surface area contributed by atoms with Gasteiger partial charge in [-0.25, -0.2) is 0 Å². The number of fused-ring (bicyclic) bond motifs is 1. The highest BCUT2D eigenvalue weighted by atomic mass is 16.2. The van der Waals surface area contributed by atoms with Crippen LogP contribution >= 0.6 is 0 Å². The lowest BCUT2D eigenvalue weighted by Gasteiger charge is -2.25. The van der Waals surface area contributed by atoms with Crippen molar-refractivity contribution in [3.8, 4) is 0 Å². The normalized spacial score (nSPS) is 16.9. The zero-order valence-electron chi connectivity index (χ0n) is 14.0. The number of benzene rings is 1. The molecule has 0 saturated heterocycles. The summed E-state index contributed by atoms with van der Waals surface area (Å²) in [5.41, 5.74) is 5.79. The van der Waals surface area contributed by atoms with E-state index in [2.05, 4.69) is 41.7 Å². The van der Waals surface area contributed by atoms with E-state index in [1.807, 2.05) is 23.7 Å². The number of aryl methyl sites for hydroxylation is 2. The molecule has 0 unspecified atom stereocenters. The first-order chi connectivity index (χ1) is 11.1. The molecule has 0 saturated carbocycles. The number of hydrogen-bond donors (Lipinski definition) is 2. The maximum atomic E-state index is 12.5. The lowest BCUT2D eigenvalue weighted by molar-refractivity contribution is -0.123. The molecule has 1 aromatic carbocycles. The molecule has 1 aromatic heterocycles. The number of carbonyl (C=O) groups is 1. The standard InChI is InChI=1S/C18H24N4O/c1-4-22-13(3)16(12(2)21-22)11-20-18(23)17-9-14-7-5-6-8-15(14)10-19-17/h5-8,17,19H,4,9-11H2,1-3H3,(H,20,23)/t17-/m0/s1. The second-order valence-corrected chi connectivity index (χ2v) is 6.09. The number of carbonyl (C=O) groups excluding carboxylic acids is 1. The van der Waals surface area contributed by atoms with Crippen molar-refractivity contribution in [3.05, 3.63) is 52.3 Å². The average molecular weight is 312 g/mol. The molecule has 2 N–H and O–H groups in total. The van der Waals surface area contributed by atoms with Crippen molar-refractivity contribution in [1.29, 1.82) is 0 Å². The Kier molecular flexibility index (Phi) is 4.48. The van der Waals surface area contributed by atoms with Crippen LogP contribution in [0.15, 0.2) is 24.3 Å². The Morgan fingerprint density at radius 2 is 2.09 bits per heavy atom. The van der Waals surface area contributed by atoms with Gasteiger partial charge in [-0.15, -0.1) is 0 Å². The number of hydrogen-bond acceptors (Lipinski definition) is 3.